The first-order valence-corrected chi connectivity index (χ1v) is 7.27. The van der Waals surface area contributed by atoms with Gasteiger partial charge in [0.2, 0.25) is 0 Å². The average molecular weight is 262 g/mol. The molecule has 1 aromatic carbocycles. The van der Waals surface area contributed by atoms with Crippen molar-refractivity contribution in [1.82, 2.24) is 4.98 Å². The maximum atomic E-state index is 6.21. The lowest BCUT2D eigenvalue weighted by Crippen LogP contribution is -2.28. The standard InChI is InChI=1S/C15H22N2S/c1-10-5-6-13-12(7-10)17-14(18-13)8-11(16)9-15(2,3)4/h5-7,11H,8-9,16H2,1-4H3. The third kappa shape index (κ3) is 3.53. The van der Waals surface area contributed by atoms with E-state index in [2.05, 4.69) is 50.9 Å². The predicted molar refractivity (Wildman–Crippen MR) is 80.1 cm³/mol. The Balaban J connectivity index is 2.12. The van der Waals surface area contributed by atoms with Gasteiger partial charge < -0.3 is 5.73 Å². The predicted octanol–water partition coefficient (Wildman–Crippen LogP) is 3.91. The minimum Gasteiger partial charge on any atom is -0.327 e. The van der Waals surface area contributed by atoms with Crippen LogP contribution in [0.5, 0.6) is 0 Å². The van der Waals surface area contributed by atoms with Gasteiger partial charge in [-0.3, -0.25) is 0 Å². The maximum Gasteiger partial charge on any atom is 0.0954 e. The SMILES string of the molecule is Cc1ccc2sc(CC(N)CC(C)(C)C)nc2c1. The van der Waals surface area contributed by atoms with E-state index in [-0.39, 0.29) is 11.5 Å². The lowest BCUT2D eigenvalue weighted by atomic mass is 9.87. The second-order valence-electron chi connectivity index (χ2n) is 6.31. The molecule has 1 unspecified atom stereocenters. The van der Waals surface area contributed by atoms with Crippen molar-refractivity contribution in [1.29, 1.82) is 0 Å². The van der Waals surface area contributed by atoms with E-state index in [1.165, 1.54) is 10.3 Å². The average Bonchev–Trinajstić information content (AvgIpc) is 2.55. The monoisotopic (exact) mass is 262 g/mol. The molecule has 1 heterocycles. The van der Waals surface area contributed by atoms with E-state index >= 15 is 0 Å². The van der Waals surface area contributed by atoms with Crippen LogP contribution in [0, 0.1) is 12.3 Å². The van der Waals surface area contributed by atoms with E-state index < -0.39 is 0 Å². The van der Waals surface area contributed by atoms with E-state index in [4.69, 9.17) is 5.73 Å². The fraction of sp³-hybridized carbons (Fsp3) is 0.533. The fourth-order valence-corrected chi connectivity index (χ4v) is 3.30. The summed E-state index contributed by atoms with van der Waals surface area (Å²) in [6, 6.07) is 6.64. The number of hydrogen-bond acceptors (Lipinski definition) is 3. The van der Waals surface area contributed by atoms with Crippen LogP contribution in [0.25, 0.3) is 10.2 Å². The van der Waals surface area contributed by atoms with Crippen molar-refractivity contribution in [2.45, 2.75) is 46.6 Å². The van der Waals surface area contributed by atoms with Crippen molar-refractivity contribution in [3.8, 4) is 0 Å². The van der Waals surface area contributed by atoms with Crippen LogP contribution in [0.3, 0.4) is 0 Å². The highest BCUT2D eigenvalue weighted by atomic mass is 32.1. The normalized spacial score (nSPS) is 14.1. The molecule has 98 valence electrons. The molecule has 0 aliphatic rings. The van der Waals surface area contributed by atoms with E-state index in [1.54, 1.807) is 11.3 Å². The summed E-state index contributed by atoms with van der Waals surface area (Å²) in [5.41, 5.74) is 8.87. The number of nitrogens with zero attached hydrogens (tertiary/aromatic N) is 1. The Morgan fingerprint density at radius 3 is 2.72 bits per heavy atom. The summed E-state index contributed by atoms with van der Waals surface area (Å²) >= 11 is 1.77. The van der Waals surface area contributed by atoms with Crippen molar-refractivity contribution in [2.75, 3.05) is 0 Å². The Bertz CT molecular complexity index is 537. The molecule has 1 aromatic heterocycles. The van der Waals surface area contributed by atoms with Crippen LogP contribution in [-0.4, -0.2) is 11.0 Å². The molecule has 3 heteroatoms. The minimum absolute atomic E-state index is 0.201. The molecular weight excluding hydrogens is 240 g/mol. The molecule has 2 aromatic rings. The number of rotatable bonds is 3. The zero-order valence-corrected chi connectivity index (χ0v) is 12.5. The highest BCUT2D eigenvalue weighted by molar-refractivity contribution is 7.18. The molecule has 0 saturated carbocycles. The zero-order valence-electron chi connectivity index (χ0n) is 11.7. The van der Waals surface area contributed by atoms with Crippen molar-refractivity contribution >= 4 is 21.6 Å². The van der Waals surface area contributed by atoms with Gasteiger partial charge >= 0.3 is 0 Å². The molecule has 2 rings (SSSR count). The van der Waals surface area contributed by atoms with Gasteiger partial charge in [-0.15, -0.1) is 11.3 Å². The summed E-state index contributed by atoms with van der Waals surface area (Å²) in [4.78, 5) is 4.68. The smallest absolute Gasteiger partial charge is 0.0954 e. The quantitative estimate of drug-likeness (QED) is 0.910. The van der Waals surface area contributed by atoms with Gasteiger partial charge in [-0.05, 0) is 36.5 Å². The largest absolute Gasteiger partial charge is 0.327 e. The molecular formula is C15H22N2S. The van der Waals surface area contributed by atoms with Gasteiger partial charge in [0.1, 0.15) is 0 Å². The van der Waals surface area contributed by atoms with Gasteiger partial charge in [-0.2, -0.15) is 0 Å². The summed E-state index contributed by atoms with van der Waals surface area (Å²) in [7, 11) is 0. The summed E-state index contributed by atoms with van der Waals surface area (Å²) in [6.45, 7) is 8.79. The van der Waals surface area contributed by atoms with Crippen molar-refractivity contribution in [2.24, 2.45) is 11.1 Å². The second-order valence-corrected chi connectivity index (χ2v) is 7.42. The van der Waals surface area contributed by atoms with Crippen LogP contribution < -0.4 is 5.73 Å². The van der Waals surface area contributed by atoms with Crippen LogP contribution >= 0.6 is 11.3 Å². The molecule has 0 spiro atoms. The van der Waals surface area contributed by atoms with Crippen molar-refractivity contribution < 1.29 is 0 Å². The Morgan fingerprint density at radius 1 is 1.33 bits per heavy atom. The van der Waals surface area contributed by atoms with Crippen molar-refractivity contribution in [3.63, 3.8) is 0 Å². The molecule has 2 nitrogen and oxygen atoms in total. The van der Waals surface area contributed by atoms with Crippen LogP contribution in [0.2, 0.25) is 0 Å². The zero-order chi connectivity index (χ0) is 13.3. The fourth-order valence-electron chi connectivity index (χ4n) is 2.26. The lowest BCUT2D eigenvalue weighted by Gasteiger charge is -2.22. The van der Waals surface area contributed by atoms with Gasteiger partial charge in [0.25, 0.3) is 0 Å². The molecule has 18 heavy (non-hydrogen) atoms. The Labute approximate surface area is 113 Å². The van der Waals surface area contributed by atoms with Gasteiger partial charge in [0.15, 0.2) is 0 Å². The molecule has 0 bridgehead atoms. The number of aryl methyl sites for hydroxylation is 1. The minimum atomic E-state index is 0.201. The third-order valence-corrected chi connectivity index (χ3v) is 3.96. The third-order valence-electron chi connectivity index (χ3n) is 2.90. The van der Waals surface area contributed by atoms with Gasteiger partial charge in [0, 0.05) is 12.5 Å². The van der Waals surface area contributed by atoms with Gasteiger partial charge in [-0.25, -0.2) is 4.98 Å². The first-order chi connectivity index (χ1) is 8.33. The summed E-state index contributed by atoms with van der Waals surface area (Å²) in [5.74, 6) is 0. The van der Waals surface area contributed by atoms with Crippen molar-refractivity contribution in [3.05, 3.63) is 28.8 Å². The van der Waals surface area contributed by atoms with Crippen LogP contribution in [-0.2, 0) is 6.42 Å². The molecule has 0 aliphatic carbocycles. The Morgan fingerprint density at radius 2 is 2.06 bits per heavy atom. The molecule has 0 saturated heterocycles. The van der Waals surface area contributed by atoms with Gasteiger partial charge in [0.05, 0.1) is 15.2 Å². The topological polar surface area (TPSA) is 38.9 Å². The van der Waals surface area contributed by atoms with Crippen LogP contribution in [0.1, 0.15) is 37.8 Å². The van der Waals surface area contributed by atoms with Crippen LogP contribution in [0.15, 0.2) is 18.2 Å². The van der Waals surface area contributed by atoms with E-state index in [0.717, 1.165) is 23.4 Å². The second kappa shape index (κ2) is 4.98. The summed E-state index contributed by atoms with van der Waals surface area (Å²) < 4.78 is 1.26. The highest BCUT2D eigenvalue weighted by Gasteiger charge is 2.17. The summed E-state index contributed by atoms with van der Waals surface area (Å²) in [5, 5.41) is 1.16. The molecule has 0 aliphatic heterocycles. The van der Waals surface area contributed by atoms with E-state index in [9.17, 15) is 0 Å². The van der Waals surface area contributed by atoms with Crippen LogP contribution in [0.4, 0.5) is 0 Å². The lowest BCUT2D eigenvalue weighted by molar-refractivity contribution is 0.338. The molecule has 1 atom stereocenters. The number of hydrogen-bond donors (Lipinski definition) is 1. The first kappa shape index (κ1) is 13.5. The molecule has 2 N–H and O–H groups in total. The Hall–Kier alpha value is -0.930. The molecule has 0 fully saturated rings. The van der Waals surface area contributed by atoms with E-state index in [0.29, 0.717) is 0 Å². The maximum absolute atomic E-state index is 6.21. The number of thiazole rings is 1. The number of fused-ring (bicyclic) bond motifs is 1. The highest BCUT2D eigenvalue weighted by Crippen LogP contribution is 2.26. The molecule has 0 radical (unpaired) electrons. The van der Waals surface area contributed by atoms with E-state index in [1.807, 2.05) is 0 Å². The number of benzene rings is 1. The Kier molecular flexibility index (Phi) is 3.74. The first-order valence-electron chi connectivity index (χ1n) is 6.45. The van der Waals surface area contributed by atoms with Gasteiger partial charge in [-0.1, -0.05) is 26.8 Å². The number of nitrogens with two attached hydrogens (primary N) is 1. The summed E-state index contributed by atoms with van der Waals surface area (Å²) in [6.07, 6.45) is 1.91. The molecule has 0 amide bonds. The number of aromatic nitrogens is 1.